The number of hydrogen-bond donors (Lipinski definition) is 2. The van der Waals surface area contributed by atoms with E-state index in [1.54, 1.807) is 6.92 Å². The monoisotopic (exact) mass is 1910 g/mol. The van der Waals surface area contributed by atoms with Crippen LogP contribution in [0.1, 0.15) is 40.1 Å². The van der Waals surface area contributed by atoms with Crippen molar-refractivity contribution in [2.24, 2.45) is 0 Å². The first-order valence-electron chi connectivity index (χ1n) is 48.4. The first kappa shape index (κ1) is 99.2. The average molecular weight is 1910 g/mol. The van der Waals surface area contributed by atoms with Gasteiger partial charge in [0.05, 0.1) is 39.9 Å². The molecule has 17 nitrogen and oxygen atoms in total. The van der Waals surface area contributed by atoms with Gasteiger partial charge in [0.1, 0.15) is 23.3 Å². The minimum absolute atomic E-state index is 0.167. The zero-order valence-electron chi connectivity index (χ0n) is 82.7. The van der Waals surface area contributed by atoms with E-state index in [0.717, 1.165) is 163 Å². The maximum Gasteiger partial charge on any atom is 0.225 e. The lowest BCUT2D eigenvalue weighted by Crippen LogP contribution is -2.03. The average Bonchev–Trinajstić information content (AvgIpc) is 0.778. The van der Waals surface area contributed by atoms with Crippen LogP contribution in [0.2, 0.25) is 0 Å². The Labute approximate surface area is 858 Å². The molecule has 0 aliphatic rings. The van der Waals surface area contributed by atoms with Gasteiger partial charge in [0.15, 0.2) is 23.3 Å². The third-order valence-electron chi connectivity index (χ3n) is 23.4. The second-order valence-corrected chi connectivity index (χ2v) is 34.6. The third kappa shape index (κ3) is 28.1. The van der Waals surface area contributed by atoms with Crippen LogP contribution in [-0.4, -0.2) is 74.8 Å². The van der Waals surface area contributed by atoms with Crippen LogP contribution in [0.25, 0.3) is 180 Å². The number of benzene rings is 15. The molecule has 17 heteroatoms. The first-order valence-corrected chi connectivity index (χ1v) is 48.4. The molecule has 0 spiro atoms. The van der Waals surface area contributed by atoms with Crippen LogP contribution >= 0.6 is 0 Å². The number of aromatic nitrogens is 15. The van der Waals surface area contributed by atoms with E-state index in [9.17, 15) is 0 Å². The number of anilines is 2. The Morgan fingerprint density at radius 3 is 0.646 bits per heavy atom. The molecule has 147 heavy (non-hydrogen) atoms. The lowest BCUT2D eigenvalue weighted by molar-refractivity contribution is 0.991. The number of hydrogen-bond acceptors (Lipinski definition) is 17. The van der Waals surface area contributed by atoms with Gasteiger partial charge >= 0.3 is 0 Å². The van der Waals surface area contributed by atoms with Crippen LogP contribution in [0.4, 0.5) is 11.9 Å². The molecule has 0 saturated carbocycles. The highest BCUT2D eigenvalue weighted by atomic mass is 15.1. The molecule has 0 aliphatic carbocycles. The SMILES string of the molecule is Cc1cc(-c2ccccc2)cc(-c2ccccc2)n1.Cc1cc(-c2ccccc2)nc(-c2ccccc2)c1.Cc1cc(-c2ccccn2)cc(-c2ccccn2)c1.Cc1nc(-c2cc(-c3ccccc3)cc(-c3ccccc3)c2)nc(-c2cc(-c3ccccc3)cc(-c3ccccc3)c2)n1.Cc1nc(-c2ccccc2)cc(-c2ccccc2)n1.Cc1nc(-c2ccccc2)nc(-c2ccccc2)n1.Cc1nc(N)nc(N)n1. The van der Waals surface area contributed by atoms with Crippen molar-refractivity contribution in [3.8, 4) is 180 Å². The second kappa shape index (κ2) is 49.6. The van der Waals surface area contributed by atoms with Gasteiger partial charge in [-0.2, -0.15) is 15.0 Å². The van der Waals surface area contributed by atoms with Gasteiger partial charge in [-0.05, 0) is 224 Å². The standard InChI is InChI=1S/C40H29N3.2C18H15N.2C17H14N2.C16H13N3.C4H7N5/c1-28-41-39(37-24-33(29-14-6-2-7-15-29)22-34(25-37)30-16-8-3-9-17-30)43-40(42-28)38-26-35(31-18-10-4-11-19-31)23-36(27-38)32-20-12-5-13-21-32;1-14-12-17(15-8-4-2-5-9-15)13-18(19-14)16-10-6-3-7-11-16;1-14-12-17(15-8-4-2-5-9-15)19-18(13-14)16-10-6-3-7-11-16;1-13-10-14(16-6-2-4-8-18-16)12-15(11-13)17-7-3-5-9-19-17;1-13-18-16(14-8-4-2-5-9-14)12-17(19-13)15-10-6-3-7-11-15;1-12-17-15(13-8-4-2-5-9-13)19-16(18-12)14-10-6-3-7-11-14;1-2-7-3(5)9-4(6)8-2/h2-27H,1H3;2*2-13H,1H3;2*2-12H,1H3;2-11H,1H3;1H3,(H4,5,6,7,8,9). The summed E-state index contributed by atoms with van der Waals surface area (Å²) < 4.78 is 0. The number of rotatable bonds is 16. The van der Waals surface area contributed by atoms with E-state index in [2.05, 4.69) is 330 Å². The molecular weight excluding hydrogens is 1800 g/mol. The quantitative estimate of drug-likeness (QED) is 0.0913. The fourth-order valence-corrected chi connectivity index (χ4v) is 16.5. The van der Waals surface area contributed by atoms with Gasteiger partial charge in [-0.25, -0.2) is 44.9 Å². The number of pyridine rings is 4. The first-order chi connectivity index (χ1) is 72.0. The maximum atomic E-state index is 5.22. The van der Waals surface area contributed by atoms with Crippen molar-refractivity contribution < 1.29 is 0 Å². The smallest absolute Gasteiger partial charge is 0.225 e. The Morgan fingerprint density at radius 2 is 0.361 bits per heavy atom. The topological polar surface area (TPSA) is 245 Å². The molecule has 0 atom stereocenters. The summed E-state index contributed by atoms with van der Waals surface area (Å²) in [5, 5.41) is 0. The summed E-state index contributed by atoms with van der Waals surface area (Å²) in [5.74, 6) is 5.82. The van der Waals surface area contributed by atoms with Crippen LogP contribution in [-0.2, 0) is 0 Å². The Kier molecular flexibility index (Phi) is 33.5. The molecule has 712 valence electrons. The molecule has 0 saturated heterocycles. The number of nitrogens with zero attached hydrogens (tertiary/aromatic N) is 15. The van der Waals surface area contributed by atoms with Gasteiger partial charge in [-0.1, -0.05) is 376 Å². The van der Waals surface area contributed by atoms with Gasteiger partial charge in [-0.3, -0.25) is 15.0 Å². The molecule has 15 aromatic carbocycles. The summed E-state index contributed by atoms with van der Waals surface area (Å²) in [6.07, 6.45) is 3.64. The van der Waals surface area contributed by atoms with Gasteiger partial charge in [0.2, 0.25) is 11.9 Å². The van der Waals surface area contributed by atoms with Gasteiger partial charge in [0.25, 0.3) is 0 Å². The zero-order chi connectivity index (χ0) is 101. The van der Waals surface area contributed by atoms with E-state index < -0.39 is 0 Å². The second-order valence-electron chi connectivity index (χ2n) is 34.6. The number of nitrogen functional groups attached to an aromatic ring is 2. The zero-order valence-corrected chi connectivity index (χ0v) is 82.7. The Hall–Kier alpha value is -19.4. The molecule has 0 radical (unpaired) electrons. The lowest BCUT2D eigenvalue weighted by atomic mass is 9.95. The minimum Gasteiger partial charge on any atom is -0.368 e. The molecule has 23 aromatic rings. The van der Waals surface area contributed by atoms with E-state index in [1.165, 1.54) is 22.3 Å². The Bertz CT molecular complexity index is 6850. The largest absolute Gasteiger partial charge is 0.368 e. The molecule has 23 rings (SSSR count). The van der Waals surface area contributed by atoms with Gasteiger partial charge in [0, 0.05) is 79.3 Å². The molecule has 0 bridgehead atoms. The van der Waals surface area contributed by atoms with Crippen molar-refractivity contribution >= 4 is 11.9 Å². The summed E-state index contributed by atoms with van der Waals surface area (Å²) in [5.41, 5.74) is 44.3. The highest BCUT2D eigenvalue weighted by molar-refractivity contribution is 5.84. The molecule has 0 amide bonds. The molecule has 8 heterocycles. The van der Waals surface area contributed by atoms with Crippen molar-refractivity contribution in [3.63, 3.8) is 0 Å². The van der Waals surface area contributed by atoms with Crippen molar-refractivity contribution in [2.75, 3.05) is 11.5 Å². The molecule has 0 fully saturated rings. The maximum absolute atomic E-state index is 5.22. The summed E-state index contributed by atoms with van der Waals surface area (Å²) in [7, 11) is 0. The van der Waals surface area contributed by atoms with Crippen molar-refractivity contribution in [1.29, 1.82) is 0 Å². The van der Waals surface area contributed by atoms with E-state index in [4.69, 9.17) is 31.4 Å². The summed E-state index contributed by atoms with van der Waals surface area (Å²) in [6, 6.07) is 166. The summed E-state index contributed by atoms with van der Waals surface area (Å²) in [6.45, 7) is 13.7. The Balaban J connectivity index is 0.000000123. The molecule has 0 unspecified atom stereocenters. The van der Waals surface area contributed by atoms with Crippen molar-refractivity contribution in [2.45, 2.75) is 48.5 Å². The molecule has 8 aromatic heterocycles. The number of nitrogens with two attached hydrogens (primary N) is 2. The summed E-state index contributed by atoms with van der Waals surface area (Å²) >= 11 is 0. The van der Waals surface area contributed by atoms with Crippen LogP contribution < -0.4 is 11.5 Å². The highest BCUT2D eigenvalue weighted by Crippen LogP contribution is 2.38. The fraction of sp³-hybridized carbons (Fsp3) is 0.0538. The van der Waals surface area contributed by atoms with E-state index in [0.29, 0.717) is 34.9 Å². The van der Waals surface area contributed by atoms with E-state index >= 15 is 0 Å². The van der Waals surface area contributed by atoms with Crippen LogP contribution in [0.15, 0.2) is 498 Å². The van der Waals surface area contributed by atoms with Crippen LogP contribution in [0.5, 0.6) is 0 Å². The van der Waals surface area contributed by atoms with Crippen LogP contribution in [0.3, 0.4) is 0 Å². The third-order valence-corrected chi connectivity index (χ3v) is 23.4. The van der Waals surface area contributed by atoms with E-state index in [-0.39, 0.29) is 11.9 Å². The minimum atomic E-state index is 0.167. The molecule has 0 aliphatic heterocycles. The Morgan fingerprint density at radius 1 is 0.136 bits per heavy atom. The van der Waals surface area contributed by atoms with Crippen molar-refractivity contribution in [1.82, 2.24) is 74.8 Å². The van der Waals surface area contributed by atoms with Gasteiger partial charge in [-0.15, -0.1) is 0 Å². The van der Waals surface area contributed by atoms with Gasteiger partial charge < -0.3 is 11.5 Å². The fourth-order valence-electron chi connectivity index (χ4n) is 16.5. The molecule has 4 N–H and O–H groups in total. The van der Waals surface area contributed by atoms with Crippen LogP contribution in [0, 0.1) is 48.5 Å². The summed E-state index contributed by atoms with van der Waals surface area (Å²) in [4.78, 5) is 66.4. The number of aryl methyl sites for hydroxylation is 7. The highest BCUT2D eigenvalue weighted by Gasteiger charge is 2.18. The predicted molar refractivity (Wildman–Crippen MR) is 601 cm³/mol. The molecular formula is C130H107N17. The lowest BCUT2D eigenvalue weighted by Gasteiger charge is -2.13. The van der Waals surface area contributed by atoms with Crippen molar-refractivity contribution in [3.05, 3.63) is 538 Å². The van der Waals surface area contributed by atoms with E-state index in [1.807, 2.05) is 265 Å². The predicted octanol–water partition coefficient (Wildman–Crippen LogP) is 30.7. The normalized spacial score (nSPS) is 10.5.